The highest BCUT2D eigenvalue weighted by atomic mass is 16.8. The molecule has 0 radical (unpaired) electrons. The summed E-state index contributed by atoms with van der Waals surface area (Å²) in [6.45, 7) is -1.08. The second-order valence-corrected chi connectivity index (χ2v) is 14.5. The van der Waals surface area contributed by atoms with Gasteiger partial charge in [0.1, 0.15) is 97.7 Å². The van der Waals surface area contributed by atoms with Crippen molar-refractivity contribution in [3.8, 4) is 0 Å². The number of carbonyl (C=O) groups is 5. The monoisotopic (exact) mass is 877 g/mol. The average molecular weight is 878 g/mol. The summed E-state index contributed by atoms with van der Waals surface area (Å²) >= 11 is 0. The van der Waals surface area contributed by atoms with Crippen LogP contribution in [0.2, 0.25) is 0 Å². The number of aldehydes is 1. The molecule has 3 rings (SSSR count). The van der Waals surface area contributed by atoms with E-state index in [9.17, 15) is 90.4 Å². The van der Waals surface area contributed by atoms with Gasteiger partial charge in [0.25, 0.3) is 5.79 Å². The molecule has 16 N–H and O–H groups in total. The van der Waals surface area contributed by atoms with Gasteiger partial charge in [-0.1, -0.05) is 0 Å². The predicted molar refractivity (Wildman–Crippen MR) is 187 cm³/mol. The molecule has 0 aliphatic carbocycles. The maximum Gasteiger partial charge on any atom is 0.364 e. The fourth-order valence-electron chi connectivity index (χ4n) is 6.86. The van der Waals surface area contributed by atoms with Crippen molar-refractivity contribution in [2.45, 2.75) is 149 Å². The van der Waals surface area contributed by atoms with Crippen LogP contribution >= 0.6 is 0 Å². The smallest absolute Gasteiger partial charge is 0.364 e. The average Bonchev–Trinajstić information content (AvgIpc) is 3.19. The summed E-state index contributed by atoms with van der Waals surface area (Å²) in [7, 11) is 0. The Balaban J connectivity index is 1.96. The van der Waals surface area contributed by atoms with Gasteiger partial charge in [0.2, 0.25) is 17.7 Å². The van der Waals surface area contributed by atoms with Crippen LogP contribution in [0.5, 0.6) is 0 Å². The largest absolute Gasteiger partial charge is 0.477 e. The molecule has 0 aromatic rings. The lowest BCUT2D eigenvalue weighted by Gasteiger charge is -2.50. The van der Waals surface area contributed by atoms with E-state index >= 15 is 0 Å². The lowest BCUT2D eigenvalue weighted by Crippen LogP contribution is -2.70. The van der Waals surface area contributed by atoms with Crippen LogP contribution in [-0.2, 0) is 52.4 Å². The maximum atomic E-state index is 12.8. The summed E-state index contributed by atoms with van der Waals surface area (Å²) in [5, 5.41) is 144. The van der Waals surface area contributed by atoms with E-state index in [1.54, 1.807) is 0 Å². The molecular weight excluding hydrogens is 822 g/mol. The molecule has 3 amide bonds. The first-order valence-electron chi connectivity index (χ1n) is 18.5. The number of carboxylic acid groups (broad SMARTS) is 1. The number of aliphatic hydroxyl groups excluding tert-OH is 12. The first-order valence-corrected chi connectivity index (χ1v) is 18.5. The fraction of sp³-hybridized carbons (Fsp3) is 0.848. The van der Waals surface area contributed by atoms with Crippen LogP contribution in [0.15, 0.2) is 0 Å². The highest BCUT2D eigenvalue weighted by Crippen LogP contribution is 2.38. The van der Waals surface area contributed by atoms with E-state index in [4.69, 9.17) is 28.4 Å². The lowest BCUT2D eigenvalue weighted by atomic mass is 9.88. The minimum atomic E-state index is -3.17. The summed E-state index contributed by atoms with van der Waals surface area (Å²) in [6, 6.07) is -5.05. The van der Waals surface area contributed by atoms with Crippen molar-refractivity contribution in [1.29, 1.82) is 0 Å². The van der Waals surface area contributed by atoms with Crippen molar-refractivity contribution < 1.29 is 119 Å². The molecule has 346 valence electrons. The third-order valence-corrected chi connectivity index (χ3v) is 9.91. The maximum absolute atomic E-state index is 12.8. The highest BCUT2D eigenvalue weighted by Gasteiger charge is 2.60. The standard InChI is InChI=1S/C33H55N3O24/c1-10(41)34-13(5-37)27(22(48)16(46)9-55-30-20(36-12(3)43)25(51)23(49)17(7-39)56-30)58-31-26(52)29(24(50)18(8-40)57-31)60-33(32(53)54)4-14(44)19(35-11(2)42)28(59-33)21(47)15(45)6-38/h5,13-31,38-40,44-52H,4,6-9H2,1-3H3,(H,34,41)(H,35,42)(H,36,43)(H,53,54)/t13-,14-,15+,16+,17+,18+,19+,20+,21+,22-,23+,24-,25+,26+,27+,28+,29-,30+,31-,33-/m0/s1. The van der Waals surface area contributed by atoms with Crippen LogP contribution in [0, 0.1) is 0 Å². The number of amides is 3. The highest BCUT2D eigenvalue weighted by molar-refractivity contribution is 5.78. The summed E-state index contributed by atoms with van der Waals surface area (Å²) in [4.78, 5) is 60.9. The van der Waals surface area contributed by atoms with E-state index in [1.165, 1.54) is 0 Å². The Bertz CT molecular complexity index is 1450. The molecule has 0 aromatic carbocycles. The van der Waals surface area contributed by atoms with E-state index in [0.29, 0.717) is 0 Å². The number of aliphatic carboxylic acids is 1. The Morgan fingerprint density at radius 3 is 1.87 bits per heavy atom. The number of carboxylic acids is 1. The summed E-state index contributed by atoms with van der Waals surface area (Å²) in [6.07, 6.45) is -33.7. The second-order valence-electron chi connectivity index (χ2n) is 14.5. The normalized spacial score (nSPS) is 37.7. The lowest BCUT2D eigenvalue weighted by molar-refractivity contribution is -0.375. The van der Waals surface area contributed by atoms with Crippen LogP contribution in [0.3, 0.4) is 0 Å². The number of aliphatic hydroxyl groups is 12. The third-order valence-electron chi connectivity index (χ3n) is 9.91. The molecule has 27 heteroatoms. The van der Waals surface area contributed by atoms with Crippen LogP contribution < -0.4 is 16.0 Å². The van der Waals surface area contributed by atoms with Crippen molar-refractivity contribution in [3.05, 3.63) is 0 Å². The Kier molecular flexibility index (Phi) is 19.0. The minimum absolute atomic E-state index is 0.0273. The molecular formula is C33H55N3O24. The van der Waals surface area contributed by atoms with Crippen LogP contribution in [0.1, 0.15) is 27.2 Å². The van der Waals surface area contributed by atoms with E-state index in [2.05, 4.69) is 16.0 Å². The summed E-state index contributed by atoms with van der Waals surface area (Å²) in [5.41, 5.74) is 0. The third kappa shape index (κ3) is 12.0. The zero-order valence-corrected chi connectivity index (χ0v) is 32.4. The predicted octanol–water partition coefficient (Wildman–Crippen LogP) is -10.3. The molecule has 3 saturated heterocycles. The van der Waals surface area contributed by atoms with Gasteiger partial charge >= 0.3 is 5.97 Å². The topological polar surface area (TPSA) is 440 Å². The molecule has 20 atom stereocenters. The van der Waals surface area contributed by atoms with Gasteiger partial charge in [-0.3, -0.25) is 14.4 Å². The summed E-state index contributed by atoms with van der Waals surface area (Å²) < 4.78 is 33.2. The molecule has 3 heterocycles. The van der Waals surface area contributed by atoms with Crippen LogP contribution in [-0.4, -0.2) is 245 Å². The Morgan fingerprint density at radius 2 is 1.35 bits per heavy atom. The molecule has 60 heavy (non-hydrogen) atoms. The number of rotatable bonds is 20. The number of hydrogen-bond acceptors (Lipinski definition) is 23. The van der Waals surface area contributed by atoms with Crippen LogP contribution in [0.4, 0.5) is 0 Å². The zero-order chi connectivity index (χ0) is 45.4. The van der Waals surface area contributed by atoms with Crippen molar-refractivity contribution >= 4 is 30.0 Å². The van der Waals surface area contributed by atoms with E-state index in [-0.39, 0.29) is 6.29 Å². The Labute approximate surface area is 340 Å². The summed E-state index contributed by atoms with van der Waals surface area (Å²) in [5.74, 6) is -7.68. The quantitative estimate of drug-likeness (QED) is 0.0505. The van der Waals surface area contributed by atoms with Crippen molar-refractivity contribution in [1.82, 2.24) is 16.0 Å². The van der Waals surface area contributed by atoms with Gasteiger partial charge in [0, 0.05) is 27.2 Å². The number of carbonyl (C=O) groups excluding carboxylic acids is 4. The van der Waals surface area contributed by atoms with Crippen LogP contribution in [0.25, 0.3) is 0 Å². The molecule has 0 saturated carbocycles. The molecule has 0 unspecified atom stereocenters. The zero-order valence-electron chi connectivity index (χ0n) is 32.4. The Morgan fingerprint density at radius 1 is 0.783 bits per heavy atom. The van der Waals surface area contributed by atoms with Crippen molar-refractivity contribution in [3.63, 3.8) is 0 Å². The van der Waals surface area contributed by atoms with E-state index < -0.39 is 178 Å². The van der Waals surface area contributed by atoms with Crippen molar-refractivity contribution in [2.75, 3.05) is 26.4 Å². The molecule has 3 aliphatic rings. The van der Waals surface area contributed by atoms with Gasteiger partial charge in [-0.05, 0) is 0 Å². The SMILES string of the molecule is CC(=O)N[C@H]1[C@H](OC[C@@H](O)[C@H](O)[C@H](O[C@@H]2O[C@H](CO)[C@H](O)[C@H](O[C@]3(C(=O)O)C[C@H](O)[C@@H](NC(C)=O)[C@H]([C@H](O)[C@H](O)CO)O3)[C@H]2O)[C@H](C=O)NC(C)=O)O[C@H](CO)[C@@H](O)[C@@H]1O. The Hall–Kier alpha value is -3.17. The first-order chi connectivity index (χ1) is 28.1. The molecule has 27 nitrogen and oxygen atoms in total. The van der Waals surface area contributed by atoms with Gasteiger partial charge in [-0.15, -0.1) is 0 Å². The van der Waals surface area contributed by atoms with Gasteiger partial charge in [-0.2, -0.15) is 0 Å². The van der Waals surface area contributed by atoms with Crippen molar-refractivity contribution in [2.24, 2.45) is 0 Å². The molecule has 0 aromatic heterocycles. The minimum Gasteiger partial charge on any atom is -0.477 e. The van der Waals surface area contributed by atoms with E-state index in [1.807, 2.05) is 0 Å². The molecule has 3 aliphatic heterocycles. The van der Waals surface area contributed by atoms with Gasteiger partial charge in [-0.25, -0.2) is 4.79 Å². The number of ether oxygens (including phenoxy) is 6. The van der Waals surface area contributed by atoms with Gasteiger partial charge in [0.05, 0.1) is 38.6 Å². The molecule has 0 bridgehead atoms. The first kappa shape index (κ1) is 51.2. The van der Waals surface area contributed by atoms with Gasteiger partial charge < -0.3 is 116 Å². The molecule has 0 spiro atoms. The van der Waals surface area contributed by atoms with E-state index in [0.717, 1.165) is 20.8 Å². The van der Waals surface area contributed by atoms with Gasteiger partial charge in [0.15, 0.2) is 12.6 Å². The fourth-order valence-corrected chi connectivity index (χ4v) is 6.86. The second kappa shape index (κ2) is 22.3. The number of nitrogens with one attached hydrogen (secondary N) is 3. The molecule has 3 fully saturated rings. The number of hydrogen-bond donors (Lipinski definition) is 16.